The molecule has 112 valence electrons. The van der Waals surface area contributed by atoms with E-state index in [4.69, 9.17) is 9.47 Å². The summed E-state index contributed by atoms with van der Waals surface area (Å²) in [7, 11) is 0. The monoisotopic (exact) mass is 341 g/mol. The van der Waals surface area contributed by atoms with Crippen LogP contribution in [0, 0.1) is 0 Å². The standard InChI is InChI=1S/C16H24BrNO2/c1-2-3-4-5-6-7-8-18-11-13-9-15-16(10-14(13)17)20-12-19-15/h9-10,18H,2-8,11-12H2,1H3. The molecule has 0 amide bonds. The van der Waals surface area contributed by atoms with Crippen molar-refractivity contribution in [2.24, 2.45) is 0 Å². The Morgan fingerprint density at radius 2 is 1.75 bits per heavy atom. The van der Waals surface area contributed by atoms with E-state index < -0.39 is 0 Å². The first-order chi connectivity index (χ1) is 9.81. The summed E-state index contributed by atoms with van der Waals surface area (Å²) in [6.07, 6.45) is 8.02. The Balaban J connectivity index is 1.64. The molecule has 1 aromatic carbocycles. The third-order valence-electron chi connectivity index (χ3n) is 3.56. The molecule has 3 nitrogen and oxygen atoms in total. The number of fused-ring (bicyclic) bond motifs is 1. The lowest BCUT2D eigenvalue weighted by molar-refractivity contribution is 0.174. The van der Waals surface area contributed by atoms with Gasteiger partial charge in [-0.15, -0.1) is 0 Å². The Kier molecular flexibility index (Phi) is 6.67. The van der Waals surface area contributed by atoms with Gasteiger partial charge in [-0.1, -0.05) is 55.0 Å². The normalized spacial score (nSPS) is 12.9. The molecule has 4 heteroatoms. The van der Waals surface area contributed by atoms with E-state index in [2.05, 4.69) is 34.2 Å². The molecule has 1 N–H and O–H groups in total. The highest BCUT2D eigenvalue weighted by Gasteiger charge is 2.15. The molecule has 0 fully saturated rings. The van der Waals surface area contributed by atoms with E-state index in [-0.39, 0.29) is 0 Å². The molecule has 20 heavy (non-hydrogen) atoms. The average Bonchev–Trinajstić information content (AvgIpc) is 2.88. The first-order valence-corrected chi connectivity index (χ1v) is 8.39. The van der Waals surface area contributed by atoms with Crippen LogP contribution in [-0.4, -0.2) is 13.3 Å². The Morgan fingerprint density at radius 1 is 1.05 bits per heavy atom. The Bertz CT molecular complexity index is 423. The van der Waals surface area contributed by atoms with Gasteiger partial charge in [-0.05, 0) is 30.7 Å². The number of hydrogen-bond acceptors (Lipinski definition) is 3. The van der Waals surface area contributed by atoms with Gasteiger partial charge in [0.1, 0.15) is 0 Å². The van der Waals surface area contributed by atoms with Gasteiger partial charge in [0.05, 0.1) is 0 Å². The fourth-order valence-corrected chi connectivity index (χ4v) is 2.81. The van der Waals surface area contributed by atoms with Gasteiger partial charge in [0.2, 0.25) is 6.79 Å². The van der Waals surface area contributed by atoms with E-state index in [9.17, 15) is 0 Å². The van der Waals surface area contributed by atoms with Crippen LogP contribution in [0.15, 0.2) is 16.6 Å². The van der Waals surface area contributed by atoms with Crippen molar-refractivity contribution in [2.75, 3.05) is 13.3 Å². The zero-order valence-corrected chi connectivity index (χ0v) is 13.8. The molecule has 1 aromatic rings. The minimum atomic E-state index is 0.330. The summed E-state index contributed by atoms with van der Waals surface area (Å²) >= 11 is 3.59. The van der Waals surface area contributed by atoms with Crippen molar-refractivity contribution in [1.82, 2.24) is 5.32 Å². The van der Waals surface area contributed by atoms with Crippen LogP contribution >= 0.6 is 15.9 Å². The van der Waals surface area contributed by atoms with E-state index in [1.165, 1.54) is 44.1 Å². The summed E-state index contributed by atoms with van der Waals surface area (Å²) < 4.78 is 11.8. The largest absolute Gasteiger partial charge is 0.454 e. The Morgan fingerprint density at radius 3 is 2.55 bits per heavy atom. The Hall–Kier alpha value is -0.740. The van der Waals surface area contributed by atoms with Gasteiger partial charge in [-0.25, -0.2) is 0 Å². The van der Waals surface area contributed by atoms with Crippen molar-refractivity contribution < 1.29 is 9.47 Å². The summed E-state index contributed by atoms with van der Waals surface area (Å²) in [5, 5.41) is 3.50. The number of halogens is 1. The minimum absolute atomic E-state index is 0.330. The van der Waals surface area contributed by atoms with Crippen LogP contribution in [0.2, 0.25) is 0 Å². The maximum atomic E-state index is 5.41. The third-order valence-corrected chi connectivity index (χ3v) is 4.30. The van der Waals surface area contributed by atoms with E-state index in [1.54, 1.807) is 0 Å². The van der Waals surface area contributed by atoms with Crippen molar-refractivity contribution in [1.29, 1.82) is 0 Å². The summed E-state index contributed by atoms with van der Waals surface area (Å²) in [5.41, 5.74) is 1.22. The van der Waals surface area contributed by atoms with Crippen LogP contribution in [0.1, 0.15) is 51.0 Å². The van der Waals surface area contributed by atoms with Crippen LogP contribution < -0.4 is 14.8 Å². The Labute approximate surface area is 130 Å². The zero-order chi connectivity index (χ0) is 14.2. The van der Waals surface area contributed by atoms with Gasteiger partial charge in [-0.2, -0.15) is 0 Å². The predicted molar refractivity (Wildman–Crippen MR) is 85.3 cm³/mol. The molecule has 1 aliphatic heterocycles. The summed E-state index contributed by atoms with van der Waals surface area (Å²) in [6.45, 7) is 4.53. The minimum Gasteiger partial charge on any atom is -0.454 e. The maximum Gasteiger partial charge on any atom is 0.231 e. The second-order valence-electron chi connectivity index (χ2n) is 5.24. The van der Waals surface area contributed by atoms with Crippen LogP contribution in [0.4, 0.5) is 0 Å². The van der Waals surface area contributed by atoms with Crippen molar-refractivity contribution in [3.8, 4) is 11.5 Å². The van der Waals surface area contributed by atoms with Gasteiger partial charge < -0.3 is 14.8 Å². The van der Waals surface area contributed by atoms with Gasteiger partial charge in [0.15, 0.2) is 11.5 Å². The van der Waals surface area contributed by atoms with Crippen molar-refractivity contribution in [3.63, 3.8) is 0 Å². The number of nitrogens with one attached hydrogen (secondary N) is 1. The predicted octanol–water partition coefficient (Wildman–Crippen LogP) is 4.63. The van der Waals surface area contributed by atoms with Crippen LogP contribution in [0.25, 0.3) is 0 Å². The van der Waals surface area contributed by atoms with E-state index in [0.29, 0.717) is 6.79 Å². The molecular formula is C16H24BrNO2. The van der Waals surface area contributed by atoms with Crippen molar-refractivity contribution in [3.05, 3.63) is 22.2 Å². The lowest BCUT2D eigenvalue weighted by Crippen LogP contribution is -2.15. The first-order valence-electron chi connectivity index (χ1n) is 7.60. The highest BCUT2D eigenvalue weighted by atomic mass is 79.9. The summed E-state index contributed by atoms with van der Waals surface area (Å²) in [5.74, 6) is 1.68. The van der Waals surface area contributed by atoms with Crippen LogP contribution in [-0.2, 0) is 6.54 Å². The highest BCUT2D eigenvalue weighted by Crippen LogP contribution is 2.36. The third kappa shape index (κ3) is 4.67. The number of hydrogen-bond donors (Lipinski definition) is 1. The fraction of sp³-hybridized carbons (Fsp3) is 0.625. The van der Waals surface area contributed by atoms with E-state index in [0.717, 1.165) is 29.1 Å². The molecule has 1 aliphatic rings. The molecule has 2 rings (SSSR count). The van der Waals surface area contributed by atoms with E-state index >= 15 is 0 Å². The molecule has 0 saturated carbocycles. The zero-order valence-electron chi connectivity index (χ0n) is 12.2. The summed E-state index contributed by atoms with van der Waals surface area (Å²) in [6, 6.07) is 4.05. The van der Waals surface area contributed by atoms with Gasteiger partial charge in [-0.3, -0.25) is 0 Å². The van der Waals surface area contributed by atoms with Crippen molar-refractivity contribution in [2.45, 2.75) is 52.0 Å². The molecule has 0 radical (unpaired) electrons. The second kappa shape index (κ2) is 8.53. The number of benzene rings is 1. The topological polar surface area (TPSA) is 30.5 Å². The summed E-state index contributed by atoms with van der Waals surface area (Å²) in [4.78, 5) is 0. The highest BCUT2D eigenvalue weighted by molar-refractivity contribution is 9.10. The molecule has 1 heterocycles. The molecule has 0 spiro atoms. The quantitative estimate of drug-likeness (QED) is 0.664. The van der Waals surface area contributed by atoms with Crippen LogP contribution in [0.5, 0.6) is 11.5 Å². The van der Waals surface area contributed by atoms with Gasteiger partial charge >= 0.3 is 0 Å². The molecule has 0 unspecified atom stereocenters. The SMILES string of the molecule is CCCCCCCCNCc1cc2c(cc1Br)OCO2. The smallest absolute Gasteiger partial charge is 0.231 e. The molecule has 0 aliphatic carbocycles. The molecular weight excluding hydrogens is 318 g/mol. The maximum absolute atomic E-state index is 5.41. The number of ether oxygens (including phenoxy) is 2. The molecule has 0 bridgehead atoms. The first kappa shape index (κ1) is 15.6. The number of unbranched alkanes of at least 4 members (excludes halogenated alkanes) is 5. The second-order valence-corrected chi connectivity index (χ2v) is 6.10. The van der Waals surface area contributed by atoms with Gasteiger partial charge in [0.25, 0.3) is 0 Å². The lowest BCUT2D eigenvalue weighted by Gasteiger charge is -2.08. The van der Waals surface area contributed by atoms with Crippen molar-refractivity contribution >= 4 is 15.9 Å². The molecule has 0 atom stereocenters. The van der Waals surface area contributed by atoms with E-state index in [1.807, 2.05) is 6.07 Å². The fourth-order valence-electron chi connectivity index (χ4n) is 2.35. The molecule has 0 saturated heterocycles. The number of rotatable bonds is 9. The van der Waals surface area contributed by atoms with Gasteiger partial charge in [0, 0.05) is 11.0 Å². The lowest BCUT2D eigenvalue weighted by atomic mass is 10.1. The van der Waals surface area contributed by atoms with Crippen LogP contribution in [0.3, 0.4) is 0 Å². The molecule has 0 aromatic heterocycles. The average molecular weight is 342 g/mol.